The minimum Gasteiger partial charge on any atom is -0.322 e. The lowest BCUT2D eigenvalue weighted by atomic mass is 10.1. The van der Waals surface area contributed by atoms with E-state index in [-0.39, 0.29) is 22.7 Å². The third kappa shape index (κ3) is 5.73. The second kappa shape index (κ2) is 10.7. The first-order valence-electron chi connectivity index (χ1n) is 11.2. The summed E-state index contributed by atoms with van der Waals surface area (Å²) in [6, 6.07) is 25.4. The topological polar surface area (TPSA) is 66.5 Å². The molecule has 0 spiro atoms. The Kier molecular flexibility index (Phi) is 7.69. The molecule has 1 N–H and O–H groups in total. The minimum atomic E-state index is -4.02. The number of hydrogen-bond acceptors (Lipinski definition) is 3. The van der Waals surface area contributed by atoms with E-state index in [1.807, 2.05) is 13.8 Å². The van der Waals surface area contributed by atoms with E-state index in [1.165, 1.54) is 4.31 Å². The van der Waals surface area contributed by atoms with Crippen molar-refractivity contribution in [2.24, 2.45) is 0 Å². The average Bonchev–Trinajstić information content (AvgIpc) is 2.85. The second-order valence-electron chi connectivity index (χ2n) is 8.38. The van der Waals surface area contributed by atoms with Crippen LogP contribution in [0, 0.1) is 13.8 Å². The normalized spacial score (nSPS) is 11.2. The van der Waals surface area contributed by atoms with Crippen LogP contribution in [0.3, 0.4) is 0 Å². The van der Waals surface area contributed by atoms with Gasteiger partial charge in [-0.25, -0.2) is 8.42 Å². The van der Waals surface area contributed by atoms with E-state index < -0.39 is 15.9 Å². The van der Waals surface area contributed by atoms with Gasteiger partial charge in [0.15, 0.2) is 0 Å². The number of benzene rings is 4. The summed E-state index contributed by atoms with van der Waals surface area (Å²) in [5.41, 5.74) is 3.52. The molecule has 0 unspecified atom stereocenters. The third-order valence-electron chi connectivity index (χ3n) is 5.70. The first kappa shape index (κ1) is 25.8. The van der Waals surface area contributed by atoms with Crippen molar-refractivity contribution >= 4 is 50.5 Å². The number of aryl methyl sites for hydroxylation is 2. The number of amides is 1. The van der Waals surface area contributed by atoms with Gasteiger partial charge < -0.3 is 5.32 Å². The molecule has 0 fully saturated rings. The zero-order valence-corrected chi connectivity index (χ0v) is 22.0. The summed E-state index contributed by atoms with van der Waals surface area (Å²) in [7, 11) is -4.02. The van der Waals surface area contributed by atoms with Crippen LogP contribution >= 0.6 is 23.2 Å². The highest BCUT2D eigenvalue weighted by atomic mass is 35.5. The zero-order valence-electron chi connectivity index (χ0n) is 19.7. The van der Waals surface area contributed by atoms with Crippen LogP contribution in [0.15, 0.2) is 95.9 Å². The summed E-state index contributed by atoms with van der Waals surface area (Å²) in [5, 5.41) is 3.99. The Morgan fingerprint density at radius 3 is 2.14 bits per heavy atom. The van der Waals surface area contributed by atoms with Crippen LogP contribution in [-0.4, -0.2) is 14.3 Å². The predicted molar refractivity (Wildman–Crippen MR) is 147 cm³/mol. The monoisotopic (exact) mass is 538 g/mol. The second-order valence-corrected chi connectivity index (χ2v) is 11.1. The number of hydrogen-bond donors (Lipinski definition) is 1. The summed E-state index contributed by atoms with van der Waals surface area (Å²) in [6.45, 7) is 3.74. The molecule has 0 bridgehead atoms. The van der Waals surface area contributed by atoms with Crippen LogP contribution in [0.2, 0.25) is 10.0 Å². The Bertz CT molecular complexity index is 1500. The molecule has 5 nitrogen and oxygen atoms in total. The SMILES string of the molecule is Cc1ccc(S(=O)(=O)N(Cc2ccc(Cl)cc2)c2ccccc2C(=O)Nc2ccc(Cl)cc2C)cc1. The first-order valence-corrected chi connectivity index (χ1v) is 13.3. The summed E-state index contributed by atoms with van der Waals surface area (Å²) < 4.78 is 29.0. The van der Waals surface area contributed by atoms with Crippen molar-refractivity contribution in [1.29, 1.82) is 0 Å². The molecule has 0 radical (unpaired) electrons. The molecule has 0 aliphatic rings. The van der Waals surface area contributed by atoms with E-state index in [4.69, 9.17) is 23.2 Å². The van der Waals surface area contributed by atoms with Crippen LogP contribution in [-0.2, 0) is 16.6 Å². The van der Waals surface area contributed by atoms with Crippen molar-refractivity contribution in [2.75, 3.05) is 9.62 Å². The highest BCUT2D eigenvalue weighted by Crippen LogP contribution is 2.31. The van der Waals surface area contributed by atoms with Gasteiger partial charge in [0.25, 0.3) is 15.9 Å². The van der Waals surface area contributed by atoms with E-state index in [0.29, 0.717) is 15.7 Å². The van der Waals surface area contributed by atoms with Crippen molar-refractivity contribution in [3.05, 3.63) is 123 Å². The Hall–Kier alpha value is -3.32. The molecule has 0 heterocycles. The van der Waals surface area contributed by atoms with E-state index in [1.54, 1.807) is 91.0 Å². The summed E-state index contributed by atoms with van der Waals surface area (Å²) >= 11 is 12.1. The van der Waals surface area contributed by atoms with Crippen LogP contribution < -0.4 is 9.62 Å². The molecule has 1 amide bonds. The molecule has 4 aromatic carbocycles. The summed E-state index contributed by atoms with van der Waals surface area (Å²) in [4.78, 5) is 13.5. The van der Waals surface area contributed by atoms with Gasteiger partial charge in [-0.3, -0.25) is 9.10 Å². The van der Waals surface area contributed by atoms with Crippen LogP contribution in [0.4, 0.5) is 11.4 Å². The fraction of sp³-hybridized carbons (Fsp3) is 0.107. The quantitative estimate of drug-likeness (QED) is 0.269. The van der Waals surface area contributed by atoms with Gasteiger partial charge in [0, 0.05) is 15.7 Å². The number of para-hydroxylation sites is 1. The molecule has 0 saturated heterocycles. The maximum absolute atomic E-state index is 13.9. The molecule has 0 aliphatic carbocycles. The molecule has 36 heavy (non-hydrogen) atoms. The zero-order chi connectivity index (χ0) is 25.9. The fourth-order valence-corrected chi connectivity index (χ4v) is 5.56. The number of sulfonamides is 1. The molecule has 0 aliphatic heterocycles. The molecule has 0 atom stereocenters. The molecule has 0 aromatic heterocycles. The van der Waals surface area contributed by atoms with Gasteiger partial charge in [0.05, 0.1) is 22.7 Å². The van der Waals surface area contributed by atoms with Gasteiger partial charge >= 0.3 is 0 Å². The number of halogens is 2. The Morgan fingerprint density at radius 2 is 1.47 bits per heavy atom. The lowest BCUT2D eigenvalue weighted by Crippen LogP contribution is -2.32. The van der Waals surface area contributed by atoms with Crippen molar-refractivity contribution in [2.45, 2.75) is 25.3 Å². The van der Waals surface area contributed by atoms with Gasteiger partial charge in [0.2, 0.25) is 0 Å². The molecule has 4 aromatic rings. The Morgan fingerprint density at radius 1 is 0.833 bits per heavy atom. The molecular formula is C28H24Cl2N2O3S. The molecule has 4 rings (SSSR count). The van der Waals surface area contributed by atoms with Crippen molar-refractivity contribution in [1.82, 2.24) is 0 Å². The average molecular weight is 539 g/mol. The minimum absolute atomic E-state index is 0.0116. The first-order chi connectivity index (χ1) is 17.1. The largest absolute Gasteiger partial charge is 0.322 e. The van der Waals surface area contributed by atoms with Crippen LogP contribution in [0.5, 0.6) is 0 Å². The Labute approximate surface area is 221 Å². The number of rotatable bonds is 7. The lowest BCUT2D eigenvalue weighted by Gasteiger charge is -2.27. The molecule has 8 heteroatoms. The number of carbonyl (C=O) groups is 1. The van der Waals surface area contributed by atoms with E-state index >= 15 is 0 Å². The standard InChI is InChI=1S/C28H24Cl2N2O3S/c1-19-7-14-24(15-8-19)36(34,35)32(18-21-9-11-22(29)12-10-21)27-6-4-3-5-25(27)28(33)31-26-16-13-23(30)17-20(26)2/h3-17H,18H2,1-2H3,(H,31,33). The predicted octanol–water partition coefficient (Wildman–Crippen LogP) is 7.26. The van der Waals surface area contributed by atoms with Crippen LogP contribution in [0.25, 0.3) is 0 Å². The highest BCUT2D eigenvalue weighted by molar-refractivity contribution is 7.92. The number of carbonyl (C=O) groups excluding carboxylic acids is 1. The lowest BCUT2D eigenvalue weighted by molar-refractivity contribution is 0.102. The van der Waals surface area contributed by atoms with Gasteiger partial charge in [-0.1, -0.05) is 65.2 Å². The van der Waals surface area contributed by atoms with Crippen molar-refractivity contribution in [3.63, 3.8) is 0 Å². The molecule has 184 valence electrons. The van der Waals surface area contributed by atoms with E-state index in [2.05, 4.69) is 5.32 Å². The van der Waals surface area contributed by atoms with Gasteiger partial charge in [-0.05, 0) is 79.6 Å². The van der Waals surface area contributed by atoms with Crippen molar-refractivity contribution < 1.29 is 13.2 Å². The number of nitrogens with one attached hydrogen (secondary N) is 1. The maximum Gasteiger partial charge on any atom is 0.264 e. The van der Waals surface area contributed by atoms with E-state index in [9.17, 15) is 13.2 Å². The van der Waals surface area contributed by atoms with E-state index in [0.717, 1.165) is 16.7 Å². The summed E-state index contributed by atoms with van der Waals surface area (Å²) in [5.74, 6) is -0.434. The fourth-order valence-electron chi connectivity index (χ4n) is 3.73. The molecular weight excluding hydrogens is 515 g/mol. The van der Waals surface area contributed by atoms with Crippen molar-refractivity contribution in [3.8, 4) is 0 Å². The highest BCUT2D eigenvalue weighted by Gasteiger charge is 2.28. The number of anilines is 2. The van der Waals surface area contributed by atoms with Gasteiger partial charge in [0.1, 0.15) is 0 Å². The van der Waals surface area contributed by atoms with Gasteiger partial charge in [-0.2, -0.15) is 0 Å². The smallest absolute Gasteiger partial charge is 0.264 e. The van der Waals surface area contributed by atoms with Gasteiger partial charge in [-0.15, -0.1) is 0 Å². The van der Waals surface area contributed by atoms with Crippen LogP contribution in [0.1, 0.15) is 27.0 Å². The maximum atomic E-state index is 13.9. The molecule has 0 saturated carbocycles. The Balaban J connectivity index is 1.79. The summed E-state index contributed by atoms with van der Waals surface area (Å²) in [6.07, 6.45) is 0. The number of nitrogens with zero attached hydrogens (tertiary/aromatic N) is 1. The third-order valence-corrected chi connectivity index (χ3v) is 7.96.